The van der Waals surface area contributed by atoms with E-state index in [2.05, 4.69) is 12.1 Å². The van der Waals surface area contributed by atoms with Gasteiger partial charge in [-0.3, -0.25) is 0 Å². The molecule has 2 nitrogen and oxygen atoms in total. The van der Waals surface area contributed by atoms with Crippen molar-refractivity contribution >= 4 is 0 Å². The number of aromatic hydroxyl groups is 1. The van der Waals surface area contributed by atoms with Crippen LogP contribution in [0.15, 0.2) is 24.3 Å². The Kier molecular flexibility index (Phi) is 4.30. The molecule has 0 amide bonds. The Hall–Kier alpha value is -1.02. The molecule has 0 unspecified atom stereocenters. The van der Waals surface area contributed by atoms with Crippen LogP contribution in [0.2, 0.25) is 0 Å². The van der Waals surface area contributed by atoms with Crippen LogP contribution < -0.4 is 5.73 Å². The van der Waals surface area contributed by atoms with Crippen molar-refractivity contribution in [2.24, 2.45) is 17.6 Å². The molecule has 0 aromatic heterocycles. The topological polar surface area (TPSA) is 46.2 Å². The van der Waals surface area contributed by atoms with Crippen molar-refractivity contribution in [2.75, 3.05) is 0 Å². The first-order valence-corrected chi connectivity index (χ1v) is 8.27. The first-order valence-electron chi connectivity index (χ1n) is 8.27. The van der Waals surface area contributed by atoms with Gasteiger partial charge >= 0.3 is 0 Å². The second-order valence-electron chi connectivity index (χ2n) is 6.88. The van der Waals surface area contributed by atoms with Crippen molar-refractivity contribution in [3.05, 3.63) is 29.8 Å². The fourth-order valence-corrected chi connectivity index (χ4v) is 4.29. The molecule has 0 heterocycles. The highest BCUT2D eigenvalue weighted by molar-refractivity contribution is 5.28. The number of benzene rings is 1. The van der Waals surface area contributed by atoms with E-state index in [-0.39, 0.29) is 0 Å². The molecule has 2 aliphatic rings. The number of rotatable bonds is 2. The van der Waals surface area contributed by atoms with Crippen LogP contribution in [0.4, 0.5) is 0 Å². The van der Waals surface area contributed by atoms with Crippen LogP contribution >= 0.6 is 0 Å². The summed E-state index contributed by atoms with van der Waals surface area (Å²) in [5.74, 6) is 2.96. The summed E-state index contributed by atoms with van der Waals surface area (Å²) < 4.78 is 0. The summed E-state index contributed by atoms with van der Waals surface area (Å²) in [7, 11) is 0. The van der Waals surface area contributed by atoms with Gasteiger partial charge in [0.05, 0.1) is 0 Å². The summed E-state index contributed by atoms with van der Waals surface area (Å²) >= 11 is 0. The minimum atomic E-state index is 0.376. The van der Waals surface area contributed by atoms with Crippen molar-refractivity contribution in [3.8, 4) is 5.75 Å². The third kappa shape index (κ3) is 3.17. The molecule has 2 saturated carbocycles. The SMILES string of the molecule is NC1CCC(C2CCC(c3ccc(O)cc3)CC2)CC1. The molecule has 1 aromatic rings. The normalized spacial score (nSPS) is 34.9. The van der Waals surface area contributed by atoms with Gasteiger partial charge in [-0.1, -0.05) is 12.1 Å². The van der Waals surface area contributed by atoms with Gasteiger partial charge in [0.1, 0.15) is 5.75 Å². The molecular formula is C18H27NO. The highest BCUT2D eigenvalue weighted by atomic mass is 16.3. The number of hydrogen-bond donors (Lipinski definition) is 2. The molecule has 3 N–H and O–H groups in total. The smallest absolute Gasteiger partial charge is 0.115 e. The largest absolute Gasteiger partial charge is 0.508 e. The van der Waals surface area contributed by atoms with E-state index < -0.39 is 0 Å². The molecule has 0 radical (unpaired) electrons. The molecule has 1 aromatic carbocycles. The van der Waals surface area contributed by atoms with Crippen molar-refractivity contribution < 1.29 is 5.11 Å². The van der Waals surface area contributed by atoms with E-state index >= 15 is 0 Å². The molecule has 2 aliphatic carbocycles. The number of nitrogens with two attached hydrogens (primary N) is 1. The maximum atomic E-state index is 9.38. The van der Waals surface area contributed by atoms with E-state index in [0.717, 1.165) is 11.8 Å². The molecule has 2 heteroatoms. The summed E-state index contributed by atoms with van der Waals surface area (Å²) in [6.07, 6.45) is 10.6. The second kappa shape index (κ2) is 6.17. The van der Waals surface area contributed by atoms with Crippen molar-refractivity contribution in [1.29, 1.82) is 0 Å². The Morgan fingerprint density at radius 1 is 0.750 bits per heavy atom. The molecule has 3 rings (SSSR count). The van der Waals surface area contributed by atoms with Crippen LogP contribution in [-0.4, -0.2) is 11.1 Å². The van der Waals surface area contributed by atoms with Gasteiger partial charge in [0, 0.05) is 6.04 Å². The van der Waals surface area contributed by atoms with E-state index in [9.17, 15) is 5.11 Å². The number of hydrogen-bond acceptors (Lipinski definition) is 2. The lowest BCUT2D eigenvalue weighted by molar-refractivity contribution is 0.177. The zero-order valence-corrected chi connectivity index (χ0v) is 12.3. The van der Waals surface area contributed by atoms with Gasteiger partial charge < -0.3 is 10.8 Å². The van der Waals surface area contributed by atoms with Gasteiger partial charge in [-0.25, -0.2) is 0 Å². The van der Waals surface area contributed by atoms with E-state index in [1.807, 2.05) is 12.1 Å². The molecule has 0 aliphatic heterocycles. The molecule has 0 spiro atoms. The molecule has 2 fully saturated rings. The van der Waals surface area contributed by atoms with E-state index in [1.165, 1.54) is 56.9 Å². The minimum absolute atomic E-state index is 0.376. The highest BCUT2D eigenvalue weighted by Gasteiger charge is 2.30. The van der Waals surface area contributed by atoms with Crippen LogP contribution in [0, 0.1) is 11.8 Å². The predicted octanol–water partition coefficient (Wildman–Crippen LogP) is 4.18. The van der Waals surface area contributed by atoms with E-state index in [1.54, 1.807) is 0 Å². The molecule has 20 heavy (non-hydrogen) atoms. The first-order chi connectivity index (χ1) is 9.72. The summed E-state index contributed by atoms with van der Waals surface area (Å²) in [6, 6.07) is 8.31. The molecule has 0 atom stereocenters. The standard InChI is InChI=1S/C18H27NO/c19-17-9-5-15(6-10-17)13-1-3-14(4-2-13)16-7-11-18(20)12-8-16/h7-8,11-15,17,20H,1-6,9-10,19H2. The highest BCUT2D eigenvalue weighted by Crippen LogP contribution is 2.42. The number of phenols is 1. The van der Waals surface area contributed by atoms with Gasteiger partial charge in [-0.05, 0) is 86.8 Å². The van der Waals surface area contributed by atoms with Crippen molar-refractivity contribution in [2.45, 2.75) is 63.3 Å². The average molecular weight is 273 g/mol. The molecule has 0 bridgehead atoms. The van der Waals surface area contributed by atoms with Crippen LogP contribution in [-0.2, 0) is 0 Å². The lowest BCUT2D eigenvalue weighted by atomic mass is 9.69. The van der Waals surface area contributed by atoms with Crippen LogP contribution in [0.1, 0.15) is 62.8 Å². The van der Waals surface area contributed by atoms with Gasteiger partial charge in [-0.2, -0.15) is 0 Å². The fraction of sp³-hybridized carbons (Fsp3) is 0.667. The lowest BCUT2D eigenvalue weighted by Gasteiger charge is -2.37. The second-order valence-corrected chi connectivity index (χ2v) is 6.88. The van der Waals surface area contributed by atoms with Gasteiger partial charge in [-0.15, -0.1) is 0 Å². The van der Waals surface area contributed by atoms with Crippen LogP contribution in [0.5, 0.6) is 5.75 Å². The number of phenolic OH excluding ortho intramolecular Hbond substituents is 1. The Balaban J connectivity index is 1.53. The zero-order valence-electron chi connectivity index (χ0n) is 12.3. The van der Waals surface area contributed by atoms with Crippen molar-refractivity contribution in [3.63, 3.8) is 0 Å². The Bertz CT molecular complexity index is 412. The Morgan fingerprint density at radius 2 is 1.25 bits per heavy atom. The van der Waals surface area contributed by atoms with E-state index in [0.29, 0.717) is 17.7 Å². The van der Waals surface area contributed by atoms with Gasteiger partial charge in [0.15, 0.2) is 0 Å². The lowest BCUT2D eigenvalue weighted by Crippen LogP contribution is -2.31. The summed E-state index contributed by atoms with van der Waals surface area (Å²) in [5, 5.41) is 9.38. The Labute approximate surface area is 122 Å². The predicted molar refractivity (Wildman–Crippen MR) is 82.7 cm³/mol. The maximum Gasteiger partial charge on any atom is 0.115 e. The maximum absolute atomic E-state index is 9.38. The fourth-order valence-electron chi connectivity index (χ4n) is 4.29. The average Bonchev–Trinajstić information content (AvgIpc) is 2.49. The monoisotopic (exact) mass is 273 g/mol. The third-order valence-electron chi connectivity index (χ3n) is 5.62. The quantitative estimate of drug-likeness (QED) is 0.849. The third-order valence-corrected chi connectivity index (χ3v) is 5.62. The van der Waals surface area contributed by atoms with Crippen LogP contribution in [0.25, 0.3) is 0 Å². The minimum Gasteiger partial charge on any atom is -0.508 e. The molecule has 110 valence electrons. The first kappa shape index (κ1) is 13.9. The molecule has 0 saturated heterocycles. The summed E-state index contributed by atoms with van der Waals surface area (Å²) in [4.78, 5) is 0. The van der Waals surface area contributed by atoms with E-state index in [4.69, 9.17) is 5.73 Å². The van der Waals surface area contributed by atoms with Crippen LogP contribution in [0.3, 0.4) is 0 Å². The van der Waals surface area contributed by atoms with Gasteiger partial charge in [0.25, 0.3) is 0 Å². The van der Waals surface area contributed by atoms with Gasteiger partial charge in [0.2, 0.25) is 0 Å². The summed E-state index contributed by atoms with van der Waals surface area (Å²) in [6.45, 7) is 0. The zero-order chi connectivity index (χ0) is 13.9. The molecular weight excluding hydrogens is 246 g/mol. The van der Waals surface area contributed by atoms with Crippen molar-refractivity contribution in [1.82, 2.24) is 0 Å². The summed E-state index contributed by atoms with van der Waals surface area (Å²) in [5.41, 5.74) is 7.43. The Morgan fingerprint density at radius 3 is 1.80 bits per heavy atom.